The second kappa shape index (κ2) is 9.50. The van der Waals surface area contributed by atoms with E-state index < -0.39 is 24.0 Å². The molecule has 0 aliphatic carbocycles. The number of benzene rings is 3. The summed E-state index contributed by atoms with van der Waals surface area (Å²) >= 11 is 3.44. The molecule has 0 spiro atoms. The zero-order valence-corrected chi connectivity index (χ0v) is 20.3. The number of rotatable bonds is 5. The van der Waals surface area contributed by atoms with Gasteiger partial charge in [0.25, 0.3) is 5.91 Å². The van der Waals surface area contributed by atoms with Crippen LogP contribution in [0.1, 0.15) is 17.0 Å². The van der Waals surface area contributed by atoms with Gasteiger partial charge in [-0.05, 0) is 48.0 Å². The molecule has 0 unspecified atom stereocenters. The Kier molecular flexibility index (Phi) is 6.25. The van der Waals surface area contributed by atoms with Crippen LogP contribution in [0.15, 0.2) is 82.4 Å². The zero-order valence-electron chi connectivity index (χ0n) is 18.7. The summed E-state index contributed by atoms with van der Waals surface area (Å²) in [6, 6.07) is 19.8. The normalized spacial score (nSPS) is 19.5. The van der Waals surface area contributed by atoms with E-state index in [1.54, 1.807) is 24.3 Å². The molecule has 0 radical (unpaired) electrons. The molecule has 2 heterocycles. The topological polar surface area (TPSA) is 71.4 Å². The van der Waals surface area contributed by atoms with Crippen molar-refractivity contribution in [3.05, 3.63) is 94.2 Å². The number of anilines is 1. The Morgan fingerprint density at radius 2 is 1.80 bits per heavy atom. The molecule has 9 heteroatoms. The number of carbonyl (C=O) groups is 2. The second-order valence-electron chi connectivity index (χ2n) is 8.08. The molecule has 1 saturated heterocycles. The summed E-state index contributed by atoms with van der Waals surface area (Å²) in [5.74, 6) is -0.849. The molecule has 3 aromatic rings. The van der Waals surface area contributed by atoms with Crippen molar-refractivity contribution in [3.8, 4) is 5.75 Å². The van der Waals surface area contributed by atoms with Gasteiger partial charge in [0.1, 0.15) is 24.2 Å². The lowest BCUT2D eigenvalue weighted by Crippen LogP contribution is -2.48. The van der Waals surface area contributed by atoms with Crippen LogP contribution < -0.4 is 9.75 Å². The van der Waals surface area contributed by atoms with Crippen molar-refractivity contribution in [2.45, 2.75) is 12.0 Å². The lowest BCUT2D eigenvalue weighted by Gasteiger charge is -2.30. The minimum absolute atomic E-state index is 0.139. The van der Waals surface area contributed by atoms with Crippen LogP contribution in [0.5, 0.6) is 5.75 Å². The van der Waals surface area contributed by atoms with Crippen LogP contribution in [-0.2, 0) is 9.53 Å². The highest BCUT2D eigenvalue weighted by molar-refractivity contribution is 9.10. The average molecular weight is 538 g/mol. The molecule has 2 aliphatic heterocycles. The van der Waals surface area contributed by atoms with Gasteiger partial charge in [0, 0.05) is 10.0 Å². The van der Waals surface area contributed by atoms with Crippen LogP contribution in [0.4, 0.5) is 14.9 Å². The molecule has 0 saturated carbocycles. The third-order valence-corrected chi connectivity index (χ3v) is 6.60. The van der Waals surface area contributed by atoms with E-state index >= 15 is 0 Å². The maximum atomic E-state index is 13.9. The SMILES string of the molecule is COc1ccccc1[C@H]1C(c2ccc(F)cc2)=NN(c2ccc(Br)cc2)[C@@H]1C(=O)N1CCOC1=O. The first-order chi connectivity index (χ1) is 17.0. The van der Waals surface area contributed by atoms with Crippen LogP contribution in [-0.4, -0.2) is 48.9 Å². The molecule has 0 bridgehead atoms. The van der Waals surface area contributed by atoms with E-state index in [1.165, 1.54) is 12.1 Å². The minimum atomic E-state index is -0.904. The largest absolute Gasteiger partial charge is 0.496 e. The summed E-state index contributed by atoms with van der Waals surface area (Å²) in [6.45, 7) is 0.299. The van der Waals surface area contributed by atoms with Gasteiger partial charge in [-0.3, -0.25) is 9.80 Å². The van der Waals surface area contributed by atoms with Crippen LogP contribution in [0, 0.1) is 5.82 Å². The molecule has 3 aromatic carbocycles. The average Bonchev–Trinajstić information content (AvgIpc) is 3.48. The number of cyclic esters (lactones) is 1. The first-order valence-electron chi connectivity index (χ1n) is 11.0. The number of hydrazone groups is 1. The first kappa shape index (κ1) is 23.0. The number of imide groups is 1. The number of hydrogen-bond donors (Lipinski definition) is 0. The second-order valence-corrected chi connectivity index (χ2v) is 9.00. The summed E-state index contributed by atoms with van der Waals surface area (Å²) in [5.41, 5.74) is 2.60. The van der Waals surface area contributed by atoms with Crippen LogP contribution in [0.25, 0.3) is 0 Å². The molecule has 0 aromatic heterocycles. The third kappa shape index (κ3) is 4.27. The summed E-state index contributed by atoms with van der Waals surface area (Å²) in [7, 11) is 1.56. The van der Waals surface area contributed by atoms with Gasteiger partial charge in [-0.25, -0.2) is 14.1 Å². The van der Waals surface area contributed by atoms with Crippen LogP contribution in [0.3, 0.4) is 0 Å². The number of carbonyl (C=O) groups excluding carboxylic acids is 2. The van der Waals surface area contributed by atoms with E-state index in [4.69, 9.17) is 14.6 Å². The Morgan fingerprint density at radius 3 is 2.46 bits per heavy atom. The molecule has 1 fully saturated rings. The van der Waals surface area contributed by atoms with Crippen molar-refractivity contribution in [1.29, 1.82) is 0 Å². The summed E-state index contributed by atoms with van der Waals surface area (Å²) < 4.78 is 25.3. The fraction of sp³-hybridized carbons (Fsp3) is 0.192. The highest BCUT2D eigenvalue weighted by Gasteiger charge is 2.48. The fourth-order valence-electron chi connectivity index (χ4n) is 4.44. The van der Waals surface area contributed by atoms with Crippen LogP contribution in [0.2, 0.25) is 0 Å². The monoisotopic (exact) mass is 537 g/mol. The van der Waals surface area contributed by atoms with Gasteiger partial charge in [-0.1, -0.05) is 46.3 Å². The fourth-order valence-corrected chi connectivity index (χ4v) is 4.71. The van der Waals surface area contributed by atoms with Gasteiger partial charge < -0.3 is 9.47 Å². The number of nitrogens with zero attached hydrogens (tertiary/aromatic N) is 3. The zero-order chi connectivity index (χ0) is 24.5. The van der Waals surface area contributed by atoms with Gasteiger partial charge in [-0.2, -0.15) is 5.10 Å². The van der Waals surface area contributed by atoms with E-state index in [0.29, 0.717) is 22.7 Å². The number of amides is 2. The highest BCUT2D eigenvalue weighted by Crippen LogP contribution is 2.41. The van der Waals surface area contributed by atoms with Gasteiger partial charge in [0.2, 0.25) is 0 Å². The maximum absolute atomic E-state index is 13.9. The first-order valence-corrected chi connectivity index (χ1v) is 11.8. The summed E-state index contributed by atoms with van der Waals surface area (Å²) in [6.07, 6.45) is -0.681. The van der Waals surface area contributed by atoms with Crippen molar-refractivity contribution in [2.75, 3.05) is 25.3 Å². The van der Waals surface area contributed by atoms with E-state index in [9.17, 15) is 14.0 Å². The Morgan fingerprint density at radius 1 is 1.09 bits per heavy atom. The van der Waals surface area contributed by atoms with E-state index in [0.717, 1.165) is 14.9 Å². The predicted molar refractivity (Wildman–Crippen MR) is 132 cm³/mol. The Balaban J connectivity index is 1.71. The Labute approximate surface area is 209 Å². The summed E-state index contributed by atoms with van der Waals surface area (Å²) in [4.78, 5) is 27.4. The third-order valence-electron chi connectivity index (χ3n) is 6.07. The van der Waals surface area contributed by atoms with Crippen molar-refractivity contribution in [2.24, 2.45) is 5.10 Å². The number of hydrogen-bond acceptors (Lipinski definition) is 6. The van der Waals surface area contributed by atoms with E-state index in [1.807, 2.05) is 48.5 Å². The number of halogens is 2. The Hall–Kier alpha value is -3.72. The van der Waals surface area contributed by atoms with Crippen molar-refractivity contribution >= 4 is 39.3 Å². The molecule has 0 N–H and O–H groups in total. The molecule has 35 heavy (non-hydrogen) atoms. The molecule has 2 amide bonds. The molecule has 5 rings (SSSR count). The quantitative estimate of drug-likeness (QED) is 0.460. The van der Waals surface area contributed by atoms with Crippen molar-refractivity contribution < 1.29 is 23.5 Å². The Bertz CT molecular complexity index is 1300. The molecule has 2 aliphatic rings. The summed E-state index contributed by atoms with van der Waals surface area (Å²) in [5, 5.41) is 6.50. The standard InChI is InChI=1S/C26H21BrFN3O4/c1-34-21-5-3-2-4-20(21)22-23(16-6-10-18(28)11-7-16)29-31(19-12-8-17(27)9-13-19)24(22)25(32)30-14-15-35-26(30)33/h2-13,22,24H,14-15H2,1H3/t22-,24-/m0/s1. The smallest absolute Gasteiger partial charge is 0.416 e. The number of ether oxygens (including phenoxy) is 2. The van der Waals surface area contributed by atoms with Gasteiger partial charge in [0.15, 0.2) is 0 Å². The lowest BCUT2D eigenvalue weighted by molar-refractivity contribution is -0.129. The maximum Gasteiger partial charge on any atom is 0.416 e. The molecular weight excluding hydrogens is 517 g/mol. The molecule has 2 atom stereocenters. The van der Waals surface area contributed by atoms with Gasteiger partial charge >= 0.3 is 6.09 Å². The van der Waals surface area contributed by atoms with E-state index in [-0.39, 0.29) is 19.0 Å². The number of para-hydroxylation sites is 1. The van der Waals surface area contributed by atoms with Crippen LogP contribution >= 0.6 is 15.9 Å². The van der Waals surface area contributed by atoms with Crippen molar-refractivity contribution in [1.82, 2.24) is 4.90 Å². The van der Waals surface area contributed by atoms with Gasteiger partial charge in [-0.15, -0.1) is 0 Å². The van der Waals surface area contributed by atoms with E-state index in [2.05, 4.69) is 15.9 Å². The predicted octanol–water partition coefficient (Wildman–Crippen LogP) is 4.95. The number of methoxy groups -OCH3 is 1. The minimum Gasteiger partial charge on any atom is -0.496 e. The molecule has 178 valence electrons. The molecule has 7 nitrogen and oxygen atoms in total. The molecular formula is C26H21BrFN3O4. The van der Waals surface area contributed by atoms with Crippen molar-refractivity contribution in [3.63, 3.8) is 0 Å². The lowest BCUT2D eigenvalue weighted by atomic mass is 9.83. The van der Waals surface area contributed by atoms with Gasteiger partial charge in [0.05, 0.1) is 31.0 Å². The highest BCUT2D eigenvalue weighted by atomic mass is 79.9.